The SMILES string of the molecule is CS(=O)(=O)CC(=O)Nc1ccn2ncc(Br)c2c1. The van der Waals surface area contributed by atoms with Gasteiger partial charge in [0.1, 0.15) is 5.75 Å². The number of rotatable bonds is 3. The number of nitrogens with one attached hydrogen (secondary N) is 1. The van der Waals surface area contributed by atoms with Crippen LogP contribution in [0.15, 0.2) is 29.0 Å². The van der Waals surface area contributed by atoms with Crippen molar-refractivity contribution in [2.75, 3.05) is 17.3 Å². The molecule has 0 aromatic carbocycles. The zero-order valence-corrected chi connectivity index (χ0v) is 11.8. The highest BCUT2D eigenvalue weighted by Crippen LogP contribution is 2.20. The molecule has 0 aliphatic heterocycles. The fraction of sp³-hybridized carbons (Fsp3) is 0.200. The molecule has 0 unspecified atom stereocenters. The molecular weight excluding hydrogens is 322 g/mol. The summed E-state index contributed by atoms with van der Waals surface area (Å²) in [5, 5.41) is 6.59. The summed E-state index contributed by atoms with van der Waals surface area (Å²) in [4.78, 5) is 11.5. The second kappa shape index (κ2) is 4.69. The molecule has 6 nitrogen and oxygen atoms in total. The van der Waals surface area contributed by atoms with Crippen LogP contribution in [0.25, 0.3) is 5.52 Å². The Hall–Kier alpha value is -1.41. The second-order valence-electron chi connectivity index (χ2n) is 3.86. The van der Waals surface area contributed by atoms with Crippen LogP contribution in [-0.2, 0) is 14.6 Å². The van der Waals surface area contributed by atoms with E-state index in [-0.39, 0.29) is 0 Å². The van der Waals surface area contributed by atoms with Crippen LogP contribution in [0.5, 0.6) is 0 Å². The van der Waals surface area contributed by atoms with Crippen LogP contribution in [0.2, 0.25) is 0 Å². The molecule has 0 saturated carbocycles. The monoisotopic (exact) mass is 331 g/mol. The van der Waals surface area contributed by atoms with Crippen LogP contribution in [0.1, 0.15) is 0 Å². The van der Waals surface area contributed by atoms with Gasteiger partial charge in [-0.15, -0.1) is 0 Å². The van der Waals surface area contributed by atoms with Gasteiger partial charge in [0.2, 0.25) is 5.91 Å². The van der Waals surface area contributed by atoms with Crippen molar-refractivity contribution in [3.8, 4) is 0 Å². The highest BCUT2D eigenvalue weighted by molar-refractivity contribution is 9.10. The highest BCUT2D eigenvalue weighted by Gasteiger charge is 2.11. The number of pyridine rings is 1. The van der Waals surface area contributed by atoms with Crippen molar-refractivity contribution in [2.45, 2.75) is 0 Å². The lowest BCUT2D eigenvalue weighted by atomic mass is 10.3. The molecule has 2 rings (SSSR count). The largest absolute Gasteiger partial charge is 0.325 e. The first-order valence-corrected chi connectivity index (χ1v) is 7.81. The minimum atomic E-state index is -3.32. The van der Waals surface area contributed by atoms with Crippen molar-refractivity contribution in [2.24, 2.45) is 0 Å². The van der Waals surface area contributed by atoms with Crippen LogP contribution >= 0.6 is 15.9 Å². The number of hydrogen-bond donors (Lipinski definition) is 1. The van der Waals surface area contributed by atoms with E-state index in [1.165, 1.54) is 0 Å². The third kappa shape index (κ3) is 3.08. The Balaban J connectivity index is 2.22. The van der Waals surface area contributed by atoms with Gasteiger partial charge in [-0.2, -0.15) is 5.10 Å². The molecule has 0 atom stereocenters. The lowest BCUT2D eigenvalue weighted by molar-refractivity contribution is -0.113. The molecule has 2 heterocycles. The van der Waals surface area contributed by atoms with E-state index in [2.05, 4.69) is 26.3 Å². The third-order valence-corrected chi connectivity index (χ3v) is 3.55. The predicted octanol–water partition coefficient (Wildman–Crippen LogP) is 1.08. The van der Waals surface area contributed by atoms with E-state index in [0.29, 0.717) is 5.69 Å². The van der Waals surface area contributed by atoms with Crippen molar-refractivity contribution in [3.05, 3.63) is 29.0 Å². The maximum absolute atomic E-state index is 11.5. The Morgan fingerprint density at radius 3 is 2.94 bits per heavy atom. The van der Waals surface area contributed by atoms with Gasteiger partial charge in [0.15, 0.2) is 9.84 Å². The van der Waals surface area contributed by atoms with Gasteiger partial charge in [-0.1, -0.05) is 0 Å². The minimum Gasteiger partial charge on any atom is -0.325 e. The second-order valence-corrected chi connectivity index (χ2v) is 6.85. The Kier molecular flexibility index (Phi) is 3.40. The summed E-state index contributed by atoms with van der Waals surface area (Å²) in [6, 6.07) is 3.35. The van der Waals surface area contributed by atoms with E-state index in [9.17, 15) is 13.2 Å². The molecule has 0 bridgehead atoms. The van der Waals surface area contributed by atoms with Crippen LogP contribution in [0.3, 0.4) is 0 Å². The number of halogens is 1. The number of anilines is 1. The molecule has 0 fully saturated rings. The summed E-state index contributed by atoms with van der Waals surface area (Å²) in [5.41, 5.74) is 1.31. The number of aromatic nitrogens is 2. The van der Waals surface area contributed by atoms with E-state index in [1.807, 2.05) is 0 Å². The molecule has 2 aromatic rings. The van der Waals surface area contributed by atoms with E-state index in [0.717, 1.165) is 16.2 Å². The molecular formula is C10H10BrN3O3S. The standard InChI is InChI=1S/C10H10BrN3O3S/c1-18(16,17)6-10(15)13-7-2-3-14-9(4-7)8(11)5-12-14/h2-5H,6H2,1H3,(H,13,15). The molecule has 18 heavy (non-hydrogen) atoms. The van der Waals surface area contributed by atoms with Crippen LogP contribution in [-0.4, -0.2) is 35.9 Å². The summed E-state index contributed by atoms with van der Waals surface area (Å²) in [5.74, 6) is -1.09. The molecule has 0 aliphatic rings. The summed E-state index contributed by atoms with van der Waals surface area (Å²) < 4.78 is 24.4. The van der Waals surface area contributed by atoms with Gasteiger partial charge in [-0.05, 0) is 28.1 Å². The van der Waals surface area contributed by atoms with Crippen molar-refractivity contribution < 1.29 is 13.2 Å². The number of sulfone groups is 1. The number of carbonyl (C=O) groups excluding carboxylic acids is 1. The average Bonchev–Trinajstić information content (AvgIpc) is 2.57. The minimum absolute atomic E-state index is 0.525. The summed E-state index contributed by atoms with van der Waals surface area (Å²) in [7, 11) is -3.32. The first kappa shape index (κ1) is 13.0. The van der Waals surface area contributed by atoms with Crippen LogP contribution < -0.4 is 5.32 Å². The van der Waals surface area contributed by atoms with Crippen molar-refractivity contribution in [1.82, 2.24) is 9.61 Å². The normalized spacial score (nSPS) is 11.7. The van der Waals surface area contributed by atoms with Gasteiger partial charge in [0, 0.05) is 18.1 Å². The average molecular weight is 332 g/mol. The first-order chi connectivity index (χ1) is 8.35. The predicted molar refractivity (Wildman–Crippen MR) is 71.2 cm³/mol. The Labute approximate surface area is 112 Å². The Bertz CT molecular complexity index is 708. The van der Waals surface area contributed by atoms with E-state index in [1.54, 1.807) is 29.0 Å². The molecule has 96 valence electrons. The van der Waals surface area contributed by atoms with Crippen molar-refractivity contribution in [1.29, 1.82) is 0 Å². The maximum atomic E-state index is 11.5. The smallest absolute Gasteiger partial charge is 0.239 e. The van der Waals surface area contributed by atoms with Gasteiger partial charge < -0.3 is 5.32 Å². The molecule has 0 aliphatic carbocycles. The van der Waals surface area contributed by atoms with E-state index >= 15 is 0 Å². The molecule has 8 heteroatoms. The molecule has 1 amide bonds. The quantitative estimate of drug-likeness (QED) is 0.912. The molecule has 1 N–H and O–H groups in total. The highest BCUT2D eigenvalue weighted by atomic mass is 79.9. The molecule has 0 saturated heterocycles. The third-order valence-electron chi connectivity index (χ3n) is 2.15. The fourth-order valence-electron chi connectivity index (χ4n) is 1.46. The van der Waals surface area contributed by atoms with Crippen molar-refractivity contribution >= 4 is 42.9 Å². The lowest BCUT2D eigenvalue weighted by Gasteiger charge is -2.04. The molecule has 0 spiro atoms. The van der Waals surface area contributed by atoms with E-state index < -0.39 is 21.5 Å². The van der Waals surface area contributed by atoms with E-state index in [4.69, 9.17) is 0 Å². The zero-order valence-electron chi connectivity index (χ0n) is 9.42. The Morgan fingerprint density at radius 2 is 2.28 bits per heavy atom. The van der Waals surface area contributed by atoms with Gasteiger partial charge in [0.05, 0.1) is 16.2 Å². The zero-order chi connectivity index (χ0) is 13.3. The number of amides is 1. The lowest BCUT2D eigenvalue weighted by Crippen LogP contribution is -2.21. The number of carbonyl (C=O) groups is 1. The summed E-state index contributed by atoms with van der Waals surface area (Å²) >= 11 is 3.32. The van der Waals surface area contributed by atoms with Gasteiger partial charge in [-0.25, -0.2) is 12.9 Å². The Morgan fingerprint density at radius 1 is 1.56 bits per heavy atom. The first-order valence-electron chi connectivity index (χ1n) is 4.95. The van der Waals surface area contributed by atoms with Crippen molar-refractivity contribution in [3.63, 3.8) is 0 Å². The number of fused-ring (bicyclic) bond motifs is 1. The van der Waals surface area contributed by atoms with Crippen LogP contribution in [0, 0.1) is 0 Å². The number of nitrogens with zero attached hydrogens (tertiary/aromatic N) is 2. The fourth-order valence-corrected chi connectivity index (χ4v) is 2.40. The molecule has 0 radical (unpaired) electrons. The maximum Gasteiger partial charge on any atom is 0.239 e. The van der Waals surface area contributed by atoms with Crippen LogP contribution in [0.4, 0.5) is 5.69 Å². The summed E-state index contributed by atoms with van der Waals surface area (Å²) in [6.45, 7) is 0. The summed E-state index contributed by atoms with van der Waals surface area (Å²) in [6.07, 6.45) is 4.33. The molecule has 2 aromatic heterocycles. The topological polar surface area (TPSA) is 80.5 Å². The van der Waals surface area contributed by atoms with Gasteiger partial charge in [0.25, 0.3) is 0 Å². The van der Waals surface area contributed by atoms with Gasteiger partial charge in [-0.3, -0.25) is 4.79 Å². The van der Waals surface area contributed by atoms with Gasteiger partial charge >= 0.3 is 0 Å². The number of hydrogen-bond acceptors (Lipinski definition) is 4.